The van der Waals surface area contributed by atoms with Crippen molar-refractivity contribution in [3.8, 4) is 10.9 Å². The highest BCUT2D eigenvalue weighted by Crippen LogP contribution is 2.31. The molecule has 0 N–H and O–H groups in total. The van der Waals surface area contributed by atoms with Crippen LogP contribution in [0.4, 0.5) is 0 Å². The van der Waals surface area contributed by atoms with Crippen LogP contribution in [0.15, 0.2) is 42.5 Å². The van der Waals surface area contributed by atoms with Crippen molar-refractivity contribution in [2.24, 2.45) is 0 Å². The zero-order chi connectivity index (χ0) is 19.5. The average molecular weight is 397 g/mol. The lowest BCUT2D eigenvalue weighted by Gasteiger charge is -2.32. The molecule has 0 radical (unpaired) electrons. The molecule has 1 fully saturated rings. The summed E-state index contributed by atoms with van der Waals surface area (Å²) in [6.07, 6.45) is 1.70. The molecule has 3 aromatic rings. The van der Waals surface area contributed by atoms with Crippen molar-refractivity contribution in [2.75, 3.05) is 19.7 Å². The molecule has 1 aliphatic rings. The largest absolute Gasteiger partial charge is 0.493 e. The molecular weight excluding hydrogens is 372 g/mol. The summed E-state index contributed by atoms with van der Waals surface area (Å²) in [5.41, 5.74) is 2.81. The predicted molar refractivity (Wildman–Crippen MR) is 112 cm³/mol. The van der Waals surface area contributed by atoms with Crippen molar-refractivity contribution in [1.29, 1.82) is 0 Å². The van der Waals surface area contributed by atoms with Crippen LogP contribution >= 0.6 is 11.3 Å². The van der Waals surface area contributed by atoms with E-state index in [1.807, 2.05) is 42.2 Å². The van der Waals surface area contributed by atoms with Crippen LogP contribution in [0.2, 0.25) is 0 Å². The molecule has 0 atom stereocenters. The molecule has 0 unspecified atom stereocenters. The van der Waals surface area contributed by atoms with Gasteiger partial charge in [0.1, 0.15) is 11.9 Å². The number of para-hydroxylation sites is 2. The van der Waals surface area contributed by atoms with Crippen molar-refractivity contribution >= 4 is 27.5 Å². The minimum atomic E-state index is 0.0260. The van der Waals surface area contributed by atoms with Crippen LogP contribution < -0.4 is 9.47 Å². The minimum absolute atomic E-state index is 0.0260. The van der Waals surface area contributed by atoms with E-state index < -0.39 is 0 Å². The van der Waals surface area contributed by atoms with Gasteiger partial charge in [0.15, 0.2) is 0 Å². The van der Waals surface area contributed by atoms with E-state index in [9.17, 15) is 4.79 Å². The van der Waals surface area contributed by atoms with Gasteiger partial charge in [0.05, 0.1) is 22.4 Å². The molecule has 0 bridgehead atoms. The number of ether oxygens (including phenoxy) is 2. The topological polar surface area (TPSA) is 51.7 Å². The van der Waals surface area contributed by atoms with E-state index in [1.54, 1.807) is 11.3 Å². The number of rotatable bonds is 5. The maximum absolute atomic E-state index is 12.9. The van der Waals surface area contributed by atoms with Crippen LogP contribution in [-0.4, -0.2) is 41.6 Å². The zero-order valence-electron chi connectivity index (χ0n) is 16.2. The minimum Gasteiger partial charge on any atom is -0.493 e. The number of nitrogens with zero attached hydrogens (tertiary/aromatic N) is 2. The van der Waals surface area contributed by atoms with Crippen LogP contribution in [-0.2, 0) is 0 Å². The average Bonchev–Trinajstić information content (AvgIpc) is 3.13. The quantitative estimate of drug-likeness (QED) is 0.628. The highest BCUT2D eigenvalue weighted by Gasteiger charge is 2.27. The molecule has 0 saturated carbocycles. The summed E-state index contributed by atoms with van der Waals surface area (Å²) in [5, 5.41) is 0.718. The van der Waals surface area contributed by atoms with Crippen LogP contribution in [0.5, 0.6) is 10.9 Å². The third-order valence-electron chi connectivity index (χ3n) is 5.02. The third kappa shape index (κ3) is 3.83. The SMILES string of the molecule is CCOc1ccccc1C(=O)N1CCC(Oc2nc3c(C)cccc3s2)CC1. The first-order valence-electron chi connectivity index (χ1n) is 9.69. The number of carbonyl (C=O) groups is 1. The molecule has 1 saturated heterocycles. The molecule has 0 aliphatic carbocycles. The Morgan fingerprint density at radius 2 is 1.96 bits per heavy atom. The molecule has 1 aromatic heterocycles. The number of thiazole rings is 1. The third-order valence-corrected chi connectivity index (χ3v) is 5.93. The fraction of sp³-hybridized carbons (Fsp3) is 0.364. The van der Waals surface area contributed by atoms with Gasteiger partial charge < -0.3 is 14.4 Å². The second-order valence-electron chi connectivity index (χ2n) is 6.94. The van der Waals surface area contributed by atoms with Crippen LogP contribution in [0, 0.1) is 6.92 Å². The molecule has 28 heavy (non-hydrogen) atoms. The van der Waals surface area contributed by atoms with Crippen LogP contribution in [0.3, 0.4) is 0 Å². The van der Waals surface area contributed by atoms with Gasteiger partial charge in [-0.25, -0.2) is 4.98 Å². The Morgan fingerprint density at radius 1 is 1.18 bits per heavy atom. The van der Waals surface area contributed by atoms with Crippen LogP contribution in [0.25, 0.3) is 10.2 Å². The standard InChI is InChI=1S/C22H24N2O3S/c1-3-26-18-9-5-4-8-17(18)21(25)24-13-11-16(12-14-24)27-22-23-20-15(2)7-6-10-19(20)28-22/h4-10,16H,3,11-14H2,1-2H3. The van der Waals surface area contributed by atoms with Gasteiger partial charge in [-0.3, -0.25) is 4.79 Å². The fourth-order valence-corrected chi connectivity index (χ4v) is 4.49. The summed E-state index contributed by atoms with van der Waals surface area (Å²) < 4.78 is 12.9. The van der Waals surface area contributed by atoms with E-state index in [1.165, 1.54) is 0 Å². The van der Waals surface area contributed by atoms with Gasteiger partial charge in [-0.1, -0.05) is 35.6 Å². The Balaban J connectivity index is 1.39. The first kappa shape index (κ1) is 18.7. The maximum Gasteiger partial charge on any atom is 0.274 e. The first-order chi connectivity index (χ1) is 13.7. The number of amides is 1. The second-order valence-corrected chi connectivity index (χ2v) is 7.93. The number of fused-ring (bicyclic) bond motifs is 1. The number of likely N-dealkylation sites (tertiary alicyclic amines) is 1. The zero-order valence-corrected chi connectivity index (χ0v) is 17.0. The van der Waals surface area contributed by atoms with E-state index in [2.05, 4.69) is 24.0 Å². The first-order valence-corrected chi connectivity index (χ1v) is 10.5. The van der Waals surface area contributed by atoms with Gasteiger partial charge in [-0.2, -0.15) is 0 Å². The molecule has 146 valence electrons. The van der Waals surface area contributed by atoms with Gasteiger partial charge in [0.2, 0.25) is 0 Å². The van der Waals surface area contributed by atoms with E-state index in [0.29, 0.717) is 31.0 Å². The number of hydrogen-bond acceptors (Lipinski definition) is 5. The Kier molecular flexibility index (Phi) is 5.48. The van der Waals surface area contributed by atoms with E-state index in [4.69, 9.17) is 9.47 Å². The normalized spacial score (nSPS) is 15.0. The number of carbonyl (C=O) groups excluding carboxylic acids is 1. The Bertz CT molecular complexity index is 977. The summed E-state index contributed by atoms with van der Waals surface area (Å²) >= 11 is 1.59. The summed E-state index contributed by atoms with van der Waals surface area (Å²) in [5.74, 6) is 0.677. The number of aryl methyl sites for hydroxylation is 1. The molecule has 1 amide bonds. The van der Waals surface area contributed by atoms with Gasteiger partial charge >= 0.3 is 0 Å². The van der Waals surface area contributed by atoms with Crippen LogP contribution in [0.1, 0.15) is 35.7 Å². The van der Waals surface area contributed by atoms with Crippen molar-refractivity contribution in [2.45, 2.75) is 32.8 Å². The lowest BCUT2D eigenvalue weighted by Crippen LogP contribution is -2.41. The van der Waals surface area contributed by atoms with Crippen molar-refractivity contribution in [3.63, 3.8) is 0 Å². The van der Waals surface area contributed by atoms with Gasteiger partial charge in [0, 0.05) is 25.9 Å². The maximum atomic E-state index is 12.9. The number of piperidine rings is 1. The van der Waals surface area contributed by atoms with Gasteiger partial charge in [-0.05, 0) is 37.6 Å². The number of aromatic nitrogens is 1. The van der Waals surface area contributed by atoms with Gasteiger partial charge in [0.25, 0.3) is 11.1 Å². The lowest BCUT2D eigenvalue weighted by molar-refractivity contribution is 0.0592. The van der Waals surface area contributed by atoms with Gasteiger partial charge in [-0.15, -0.1) is 0 Å². The molecule has 6 heteroatoms. The summed E-state index contributed by atoms with van der Waals surface area (Å²) in [7, 11) is 0. The summed E-state index contributed by atoms with van der Waals surface area (Å²) in [6, 6.07) is 13.6. The van der Waals surface area contributed by atoms with E-state index in [0.717, 1.165) is 33.8 Å². The fourth-order valence-electron chi connectivity index (χ4n) is 3.53. The molecule has 2 heterocycles. The number of hydrogen-bond donors (Lipinski definition) is 0. The van der Waals surface area contributed by atoms with E-state index in [-0.39, 0.29) is 12.0 Å². The lowest BCUT2D eigenvalue weighted by atomic mass is 10.1. The summed E-state index contributed by atoms with van der Waals surface area (Å²) in [6.45, 7) is 5.88. The van der Waals surface area contributed by atoms with E-state index >= 15 is 0 Å². The summed E-state index contributed by atoms with van der Waals surface area (Å²) in [4.78, 5) is 19.4. The monoisotopic (exact) mass is 396 g/mol. The Morgan fingerprint density at radius 3 is 2.71 bits per heavy atom. The second kappa shape index (κ2) is 8.19. The molecular formula is C22H24N2O3S. The van der Waals surface area contributed by atoms with Crippen molar-refractivity contribution < 1.29 is 14.3 Å². The molecule has 0 spiro atoms. The highest BCUT2D eigenvalue weighted by atomic mass is 32.1. The van der Waals surface area contributed by atoms with Crippen molar-refractivity contribution in [3.05, 3.63) is 53.6 Å². The molecule has 1 aliphatic heterocycles. The van der Waals surface area contributed by atoms with Crippen molar-refractivity contribution in [1.82, 2.24) is 9.88 Å². The molecule has 5 nitrogen and oxygen atoms in total. The smallest absolute Gasteiger partial charge is 0.274 e. The Hall–Kier alpha value is -2.60. The molecule has 2 aromatic carbocycles. The predicted octanol–water partition coefficient (Wildman–Crippen LogP) is 4.69. The number of benzene rings is 2. The molecule has 4 rings (SSSR count). The Labute approximate surface area is 168 Å². The highest BCUT2D eigenvalue weighted by molar-refractivity contribution is 7.20.